The molecule has 0 rings (SSSR count). The van der Waals surface area contributed by atoms with E-state index < -0.39 is 5.97 Å². The van der Waals surface area contributed by atoms with Crippen LogP contribution in [0.15, 0.2) is 12.2 Å². The molecule has 2 nitrogen and oxygen atoms in total. The van der Waals surface area contributed by atoms with Gasteiger partial charge >= 0.3 is 5.97 Å². The minimum absolute atomic E-state index is 0.172. The van der Waals surface area contributed by atoms with Crippen LogP contribution in [0.25, 0.3) is 0 Å². The van der Waals surface area contributed by atoms with Crippen LogP contribution in [0.1, 0.15) is 123 Å². The molecule has 0 aliphatic carbocycles. The summed E-state index contributed by atoms with van der Waals surface area (Å²) in [4.78, 5) is 11.2. The second kappa shape index (κ2) is 18.0. The Morgan fingerprint density at radius 3 is 1.52 bits per heavy atom. The molecule has 0 aromatic rings. The first-order chi connectivity index (χ1) is 12.1. The van der Waals surface area contributed by atoms with Crippen molar-refractivity contribution in [2.45, 2.75) is 123 Å². The van der Waals surface area contributed by atoms with Gasteiger partial charge in [0.25, 0.3) is 0 Å². The molecule has 0 fully saturated rings. The van der Waals surface area contributed by atoms with Crippen molar-refractivity contribution >= 4 is 5.97 Å². The first-order valence-electron chi connectivity index (χ1n) is 10.9. The highest BCUT2D eigenvalue weighted by Gasteiger charge is 2.16. The molecule has 0 aromatic heterocycles. The molecule has 2 heteroatoms. The number of carboxylic acid groups (broad SMARTS) is 1. The Hall–Kier alpha value is -0.790. The number of hydrogen-bond donors (Lipinski definition) is 1. The van der Waals surface area contributed by atoms with Gasteiger partial charge in [-0.05, 0) is 26.2 Å². The van der Waals surface area contributed by atoms with E-state index in [1.54, 1.807) is 0 Å². The minimum Gasteiger partial charge on any atom is -0.481 e. The van der Waals surface area contributed by atoms with Gasteiger partial charge in [-0.2, -0.15) is 0 Å². The van der Waals surface area contributed by atoms with Crippen molar-refractivity contribution in [1.29, 1.82) is 0 Å². The molecule has 25 heavy (non-hydrogen) atoms. The summed E-state index contributed by atoms with van der Waals surface area (Å²) in [5.74, 6) is -0.801. The lowest BCUT2D eigenvalue weighted by molar-refractivity contribution is -0.142. The van der Waals surface area contributed by atoms with Gasteiger partial charge in [0.05, 0.1) is 5.92 Å². The molecule has 0 saturated carbocycles. The molecule has 0 aliphatic heterocycles. The lowest BCUT2D eigenvalue weighted by atomic mass is 9.94. The Kier molecular flexibility index (Phi) is 17.4. The third kappa shape index (κ3) is 17.8. The van der Waals surface area contributed by atoms with Crippen LogP contribution in [0.3, 0.4) is 0 Å². The van der Waals surface area contributed by atoms with Crippen LogP contribution in [0.5, 0.6) is 0 Å². The van der Waals surface area contributed by atoms with Gasteiger partial charge in [-0.1, -0.05) is 102 Å². The smallest absolute Gasteiger partial charge is 0.306 e. The Morgan fingerprint density at radius 1 is 0.760 bits per heavy atom. The van der Waals surface area contributed by atoms with E-state index in [1.165, 1.54) is 83.5 Å². The number of allylic oxidation sites excluding steroid dienone is 1. The van der Waals surface area contributed by atoms with Gasteiger partial charge in [-0.3, -0.25) is 4.79 Å². The molecule has 1 N–H and O–H groups in total. The van der Waals surface area contributed by atoms with E-state index in [4.69, 9.17) is 0 Å². The highest BCUT2D eigenvalue weighted by Crippen LogP contribution is 2.19. The third-order valence-electron chi connectivity index (χ3n) is 5.17. The van der Waals surface area contributed by atoms with Gasteiger partial charge in [0.15, 0.2) is 0 Å². The van der Waals surface area contributed by atoms with Gasteiger partial charge in [-0.25, -0.2) is 0 Å². The monoisotopic (exact) mass is 352 g/mol. The number of carboxylic acids is 1. The molecule has 0 aliphatic rings. The topological polar surface area (TPSA) is 37.3 Å². The second-order valence-electron chi connectivity index (χ2n) is 7.92. The maximum absolute atomic E-state index is 11.2. The van der Waals surface area contributed by atoms with Gasteiger partial charge in [0.1, 0.15) is 0 Å². The molecule has 0 radical (unpaired) electrons. The summed E-state index contributed by atoms with van der Waals surface area (Å²) in [6, 6.07) is 0. The van der Waals surface area contributed by atoms with Crippen LogP contribution in [-0.4, -0.2) is 11.1 Å². The number of carbonyl (C=O) groups is 1. The minimum atomic E-state index is -0.629. The van der Waals surface area contributed by atoms with Crippen LogP contribution < -0.4 is 0 Å². The van der Waals surface area contributed by atoms with E-state index in [0.29, 0.717) is 0 Å². The molecular weight excluding hydrogens is 308 g/mol. The van der Waals surface area contributed by atoms with E-state index >= 15 is 0 Å². The van der Waals surface area contributed by atoms with E-state index in [9.17, 15) is 9.90 Å². The van der Waals surface area contributed by atoms with Crippen molar-refractivity contribution < 1.29 is 9.90 Å². The van der Waals surface area contributed by atoms with E-state index in [1.807, 2.05) is 6.92 Å². The van der Waals surface area contributed by atoms with Crippen molar-refractivity contribution in [3.63, 3.8) is 0 Å². The normalized spacial score (nSPS) is 12.2. The van der Waals surface area contributed by atoms with E-state index in [0.717, 1.165) is 31.3 Å². The summed E-state index contributed by atoms with van der Waals surface area (Å²) < 4.78 is 0. The van der Waals surface area contributed by atoms with Crippen LogP contribution in [0.4, 0.5) is 0 Å². The van der Waals surface area contributed by atoms with Crippen LogP contribution in [0.2, 0.25) is 0 Å². The molecule has 1 atom stereocenters. The maximum atomic E-state index is 11.2. The zero-order chi connectivity index (χ0) is 18.8. The van der Waals surface area contributed by atoms with Gasteiger partial charge in [-0.15, -0.1) is 6.58 Å². The van der Waals surface area contributed by atoms with Crippen molar-refractivity contribution in [2.24, 2.45) is 5.92 Å². The van der Waals surface area contributed by atoms with Crippen molar-refractivity contribution in [3.05, 3.63) is 12.2 Å². The summed E-state index contributed by atoms with van der Waals surface area (Å²) in [5.41, 5.74) is 1.09. The van der Waals surface area contributed by atoms with Gasteiger partial charge in [0.2, 0.25) is 0 Å². The molecular formula is C23H44O2. The molecule has 0 aromatic carbocycles. The maximum Gasteiger partial charge on any atom is 0.306 e. The molecule has 0 spiro atoms. The largest absolute Gasteiger partial charge is 0.481 e. The summed E-state index contributed by atoms with van der Waals surface area (Å²) in [5, 5.41) is 9.26. The third-order valence-corrected chi connectivity index (χ3v) is 5.17. The lowest BCUT2D eigenvalue weighted by Gasteiger charge is -2.12. The summed E-state index contributed by atoms with van der Waals surface area (Å²) in [7, 11) is 0. The van der Waals surface area contributed by atoms with Crippen LogP contribution in [0, 0.1) is 5.92 Å². The van der Waals surface area contributed by atoms with Gasteiger partial charge in [0, 0.05) is 0 Å². The SMILES string of the molecule is C=C(C)CCC(CCCCCCCCCCCCCCCC)C(=O)O. The molecule has 0 amide bonds. The van der Waals surface area contributed by atoms with E-state index in [-0.39, 0.29) is 5.92 Å². The lowest BCUT2D eigenvalue weighted by Crippen LogP contribution is -2.13. The molecule has 0 heterocycles. The standard InChI is InChI=1S/C23H44O2/c1-4-5-6-7-8-9-10-11-12-13-14-15-16-17-18-22(23(24)25)20-19-21(2)3/h22H,2,4-20H2,1,3H3,(H,24,25). The highest BCUT2D eigenvalue weighted by molar-refractivity contribution is 5.69. The fourth-order valence-corrected chi connectivity index (χ4v) is 3.40. The quantitative estimate of drug-likeness (QED) is 0.189. The van der Waals surface area contributed by atoms with E-state index in [2.05, 4.69) is 13.5 Å². The average molecular weight is 353 g/mol. The molecule has 1 unspecified atom stereocenters. The van der Waals surface area contributed by atoms with Crippen LogP contribution in [-0.2, 0) is 4.79 Å². The van der Waals surface area contributed by atoms with Gasteiger partial charge < -0.3 is 5.11 Å². The Labute approximate surface area is 157 Å². The van der Waals surface area contributed by atoms with Crippen LogP contribution >= 0.6 is 0 Å². The number of hydrogen-bond acceptors (Lipinski definition) is 1. The number of unbranched alkanes of at least 4 members (excludes halogenated alkanes) is 13. The summed E-state index contributed by atoms with van der Waals surface area (Å²) >= 11 is 0. The zero-order valence-electron chi connectivity index (χ0n) is 17.2. The Bertz CT molecular complexity index is 322. The predicted molar refractivity (Wildman–Crippen MR) is 110 cm³/mol. The first-order valence-corrected chi connectivity index (χ1v) is 10.9. The first kappa shape index (κ1) is 24.2. The highest BCUT2D eigenvalue weighted by atomic mass is 16.4. The predicted octanol–water partition coefficient (Wildman–Crippen LogP) is 7.91. The number of rotatable bonds is 19. The zero-order valence-corrected chi connectivity index (χ0v) is 17.2. The molecule has 148 valence electrons. The van der Waals surface area contributed by atoms with Crippen molar-refractivity contribution in [2.75, 3.05) is 0 Å². The Balaban J connectivity index is 3.34. The summed E-state index contributed by atoms with van der Waals surface area (Å²) in [6.45, 7) is 8.12. The summed E-state index contributed by atoms with van der Waals surface area (Å²) in [6.07, 6.45) is 21.3. The fraction of sp³-hybridized carbons (Fsp3) is 0.870. The molecule has 0 bridgehead atoms. The van der Waals surface area contributed by atoms with Crippen molar-refractivity contribution in [1.82, 2.24) is 0 Å². The second-order valence-corrected chi connectivity index (χ2v) is 7.92. The Morgan fingerprint density at radius 2 is 1.16 bits per heavy atom. The molecule has 0 saturated heterocycles. The number of aliphatic carboxylic acids is 1. The van der Waals surface area contributed by atoms with Crippen molar-refractivity contribution in [3.8, 4) is 0 Å². The fourth-order valence-electron chi connectivity index (χ4n) is 3.40. The average Bonchev–Trinajstić information content (AvgIpc) is 2.57.